The van der Waals surface area contributed by atoms with Crippen LogP contribution in [0.2, 0.25) is 0 Å². The quantitative estimate of drug-likeness (QED) is 0.399. The SMILES string of the molecule is [F-].[F-].[Mg+2].[Mg+2].[Mg+2].[O]=[Ge]([O-])[O-].[O]=[Ge]([O-])[O-]. The van der Waals surface area contributed by atoms with Crippen LogP contribution < -0.4 is 25.9 Å². The van der Waals surface area contributed by atoms with Crippen LogP contribution >= 0.6 is 0 Å². The maximum absolute atomic E-state index is 8.58. The Morgan fingerprint density at radius 2 is 0.615 bits per heavy atom. The van der Waals surface area contributed by atoms with Crippen molar-refractivity contribution in [2.45, 2.75) is 0 Å². The molecule has 6 nitrogen and oxygen atoms in total. The molecule has 0 aliphatic carbocycles. The van der Waals surface area contributed by atoms with Crippen LogP contribution in [-0.4, -0.2) is 99.1 Å². The van der Waals surface area contributed by atoms with Crippen molar-refractivity contribution in [1.29, 1.82) is 0 Å². The molecule has 0 saturated carbocycles. The van der Waals surface area contributed by atoms with Gasteiger partial charge in [-0.15, -0.1) is 0 Å². The molecular weight excluding hydrogens is 352 g/mol. The first-order chi connectivity index (χ1) is 3.46. The van der Waals surface area contributed by atoms with Crippen LogP contribution in [0.1, 0.15) is 0 Å². The molecule has 13 heteroatoms. The van der Waals surface area contributed by atoms with Crippen molar-refractivity contribution in [3.05, 3.63) is 0 Å². The fourth-order valence-electron chi connectivity index (χ4n) is 0. The normalized spacial score (nSPS) is 3.69. The van der Waals surface area contributed by atoms with Gasteiger partial charge in [0.2, 0.25) is 0 Å². The third kappa shape index (κ3) is 487. The van der Waals surface area contributed by atoms with Crippen molar-refractivity contribution in [2.24, 2.45) is 0 Å². The molecule has 0 radical (unpaired) electrons. The number of hydrogen-bond donors (Lipinski definition) is 0. The molecule has 13 heavy (non-hydrogen) atoms. The van der Waals surface area contributed by atoms with Crippen molar-refractivity contribution in [1.82, 2.24) is 0 Å². The summed E-state index contributed by atoms with van der Waals surface area (Å²) in [5, 5.41) is 0. The van der Waals surface area contributed by atoms with Gasteiger partial charge in [0.1, 0.15) is 0 Å². The van der Waals surface area contributed by atoms with Gasteiger partial charge in [0.05, 0.1) is 0 Å². The van der Waals surface area contributed by atoms with Crippen LogP contribution in [0.15, 0.2) is 0 Å². The van der Waals surface area contributed by atoms with Crippen LogP contribution in [0, 0.1) is 0 Å². The van der Waals surface area contributed by atoms with Crippen molar-refractivity contribution >= 4 is 99.1 Å². The topological polar surface area (TPSA) is 126 Å². The van der Waals surface area contributed by atoms with Gasteiger partial charge in [-0.25, -0.2) is 0 Å². The average Bonchev–Trinajstić information content (AvgIpc) is 1.25. The fraction of sp³-hybridized carbons (Fsp3) is 0. The summed E-state index contributed by atoms with van der Waals surface area (Å²) in [7, 11) is 0. The van der Waals surface area contributed by atoms with E-state index in [4.69, 9.17) is 24.1 Å². The Bertz CT molecular complexity index is 81.9. The van der Waals surface area contributed by atoms with Gasteiger partial charge in [-0.1, -0.05) is 0 Å². The maximum atomic E-state index is 8.58. The van der Waals surface area contributed by atoms with E-state index in [-0.39, 0.29) is 78.6 Å². The summed E-state index contributed by atoms with van der Waals surface area (Å²) in [6, 6.07) is 0. The standard InChI is InChI=1S/2FH.2GeO3.3Mg/c;;2*2-1(3)4;;;/h2*1H;;;;;/q;;2*-2;3*+2/p-2. The van der Waals surface area contributed by atoms with E-state index in [2.05, 4.69) is 0 Å². The summed E-state index contributed by atoms with van der Waals surface area (Å²) < 4.78 is 51.5. The van der Waals surface area contributed by atoms with Crippen molar-refractivity contribution in [2.75, 3.05) is 0 Å². The first-order valence-corrected chi connectivity index (χ1v) is 6.36. The number of halogens is 2. The molecule has 0 rings (SSSR count). The molecule has 0 aromatic carbocycles. The minimum atomic E-state index is -4.08. The molecule has 0 aromatic heterocycles. The third-order valence-electron chi connectivity index (χ3n) is 0. The van der Waals surface area contributed by atoms with E-state index in [1.54, 1.807) is 0 Å². The Morgan fingerprint density at radius 3 is 0.615 bits per heavy atom. The third-order valence-corrected chi connectivity index (χ3v) is 0. The Hall–Kier alpha value is 2.04. The molecule has 0 fully saturated rings. The Morgan fingerprint density at radius 1 is 0.615 bits per heavy atom. The molecule has 0 unspecified atom stereocenters. The van der Waals surface area contributed by atoms with Crippen LogP contribution in [0.3, 0.4) is 0 Å². The summed E-state index contributed by atoms with van der Waals surface area (Å²) in [5.74, 6) is 0. The van der Waals surface area contributed by atoms with E-state index in [0.29, 0.717) is 0 Å². The molecule has 0 aliphatic heterocycles. The molecule has 0 heterocycles. The second-order valence-electron chi connectivity index (χ2n) is 0.500. The predicted octanol–water partition coefficient (Wildman–Crippen LogP) is -12.9. The molecule has 64 valence electrons. The summed E-state index contributed by atoms with van der Waals surface area (Å²) >= 11 is -8.17. The van der Waals surface area contributed by atoms with E-state index in [0.717, 1.165) is 0 Å². The van der Waals surface area contributed by atoms with Gasteiger partial charge in [0.25, 0.3) is 0 Å². The van der Waals surface area contributed by atoms with Gasteiger partial charge in [0, 0.05) is 0 Å². The van der Waals surface area contributed by atoms with Crippen molar-refractivity contribution in [3.8, 4) is 0 Å². The Balaban J connectivity index is -0.00000000800. The van der Waals surface area contributed by atoms with Crippen molar-refractivity contribution < 1.29 is 33.5 Å². The summed E-state index contributed by atoms with van der Waals surface area (Å²) in [4.78, 5) is 0. The second-order valence-corrected chi connectivity index (χ2v) is 2.60. The summed E-state index contributed by atoms with van der Waals surface area (Å²) in [6.07, 6.45) is 0. The second kappa shape index (κ2) is 36.9. The van der Waals surface area contributed by atoms with Gasteiger partial charge in [-0.05, 0) is 0 Å². The van der Waals surface area contributed by atoms with Gasteiger partial charge >= 0.3 is 123 Å². The molecule has 0 saturated heterocycles. The Labute approximate surface area is 131 Å². The van der Waals surface area contributed by atoms with E-state index < -0.39 is 29.9 Å². The van der Waals surface area contributed by atoms with Crippen molar-refractivity contribution in [3.63, 3.8) is 0 Å². The van der Waals surface area contributed by atoms with Crippen LogP contribution in [0.25, 0.3) is 0 Å². The van der Waals surface area contributed by atoms with Crippen LogP contribution in [0.5, 0.6) is 0 Å². The summed E-state index contributed by atoms with van der Waals surface area (Å²) in [5.41, 5.74) is 0. The molecule has 0 amide bonds. The molecule has 0 aliphatic rings. The van der Waals surface area contributed by atoms with Gasteiger partial charge in [-0.3, -0.25) is 0 Å². The average molecular weight is 352 g/mol. The number of rotatable bonds is 0. The minimum absolute atomic E-state index is 0. The predicted molar refractivity (Wildman–Crippen MR) is 30.1 cm³/mol. The number of hydrogen-bond acceptors (Lipinski definition) is 6. The van der Waals surface area contributed by atoms with Gasteiger partial charge < -0.3 is 9.41 Å². The van der Waals surface area contributed by atoms with Crippen LogP contribution in [-0.2, 0) is 7.56 Å². The zero-order valence-corrected chi connectivity index (χ0v) is 14.8. The van der Waals surface area contributed by atoms with Gasteiger partial charge in [0.15, 0.2) is 0 Å². The van der Waals surface area contributed by atoms with E-state index in [9.17, 15) is 0 Å². The zero-order valence-electron chi connectivity index (χ0n) is 6.33. The zero-order chi connectivity index (χ0) is 7.15. The molecule has 0 aromatic rings. The molecule has 0 N–H and O–H groups in total. The summed E-state index contributed by atoms with van der Waals surface area (Å²) in [6.45, 7) is 0. The van der Waals surface area contributed by atoms with E-state index in [1.807, 2.05) is 0 Å². The Kier molecular flexibility index (Phi) is 130. The monoisotopic (exact) mass is 354 g/mol. The fourth-order valence-corrected chi connectivity index (χ4v) is 0. The van der Waals surface area contributed by atoms with E-state index >= 15 is 0 Å². The van der Waals surface area contributed by atoms with Gasteiger partial charge in [-0.2, -0.15) is 0 Å². The molecular formula is F2Ge2Mg3O6. The van der Waals surface area contributed by atoms with Crippen LogP contribution in [0.4, 0.5) is 0 Å². The molecule has 0 atom stereocenters. The first-order valence-electron chi connectivity index (χ1n) is 1.22. The van der Waals surface area contributed by atoms with E-state index in [1.165, 1.54) is 0 Å². The molecule has 0 bridgehead atoms. The first kappa shape index (κ1) is 45.9. The molecule has 0 spiro atoms.